The van der Waals surface area contributed by atoms with E-state index in [0.29, 0.717) is 0 Å². The average Bonchev–Trinajstić information content (AvgIpc) is 2.86. The first-order valence-electron chi connectivity index (χ1n) is 17.2. The van der Waals surface area contributed by atoms with Gasteiger partial charge in [0.15, 0.2) is 0 Å². The second-order valence-corrected chi connectivity index (χ2v) is 21.5. The lowest BCUT2D eigenvalue weighted by Gasteiger charge is -2.32. The summed E-state index contributed by atoms with van der Waals surface area (Å²) in [7, 11) is 2.51. The van der Waals surface area contributed by atoms with Gasteiger partial charge in [0.2, 0.25) is 0 Å². The molecule has 2 heteroatoms. The van der Waals surface area contributed by atoms with Crippen molar-refractivity contribution in [2.75, 3.05) is 0 Å². The Bertz CT molecular complexity index is 1410. The summed E-state index contributed by atoms with van der Waals surface area (Å²) in [5, 5.41) is 2.92. The highest BCUT2D eigenvalue weighted by atomic mass is 31.1. The highest BCUT2D eigenvalue weighted by Gasteiger charge is 2.30. The van der Waals surface area contributed by atoms with E-state index in [1.807, 2.05) is 0 Å². The Hall–Kier alpha value is -2.00. The van der Waals surface area contributed by atoms with Crippen LogP contribution in [-0.2, 0) is 32.5 Å². The van der Waals surface area contributed by atoms with Crippen molar-refractivity contribution in [3.8, 4) is 0 Å². The van der Waals surface area contributed by atoms with Crippen molar-refractivity contribution in [2.24, 2.45) is 0 Å². The van der Waals surface area contributed by atoms with E-state index < -0.39 is 0 Å². The maximum absolute atomic E-state index is 2.49. The molecule has 3 aromatic carbocycles. The zero-order chi connectivity index (χ0) is 35.3. The van der Waals surface area contributed by atoms with E-state index in [9.17, 15) is 0 Å². The predicted molar refractivity (Wildman–Crippen MR) is 215 cm³/mol. The average molecular weight is 655 g/mol. The normalized spacial score (nSPS) is 14.1. The monoisotopic (exact) mass is 654 g/mol. The first-order chi connectivity index (χ1) is 20.6. The molecule has 0 saturated heterocycles. The van der Waals surface area contributed by atoms with Crippen LogP contribution in [0.15, 0.2) is 48.5 Å². The van der Waals surface area contributed by atoms with Crippen LogP contribution in [0, 0.1) is 0 Å². The number of benzene rings is 3. The van der Waals surface area contributed by atoms with Gasteiger partial charge < -0.3 is 0 Å². The minimum atomic E-state index is 0.0595. The maximum Gasteiger partial charge on any atom is 0.00929 e. The summed E-state index contributed by atoms with van der Waals surface area (Å²) in [4.78, 5) is 0. The van der Waals surface area contributed by atoms with Crippen molar-refractivity contribution < 1.29 is 0 Å². The SMILES string of the molecule is CC(C)(C)c1cc(C(C)(C)C)c(P=Cc2cccc(C=Pc3c(C(C)(C)C)cc(C(C)(C)C)cc3C(C)(C)C)c2)c(C(C)(C)C)c1. The summed E-state index contributed by atoms with van der Waals surface area (Å²) in [6.07, 6.45) is 0. The molecule has 0 nitrogen and oxygen atoms in total. The lowest BCUT2D eigenvalue weighted by Crippen LogP contribution is -2.29. The van der Waals surface area contributed by atoms with Crippen LogP contribution in [0.2, 0.25) is 0 Å². The zero-order valence-corrected chi connectivity index (χ0v) is 34.5. The summed E-state index contributed by atoms with van der Waals surface area (Å²) >= 11 is 0. The highest BCUT2D eigenvalue weighted by molar-refractivity contribution is 7.48. The Balaban J connectivity index is 2.17. The van der Waals surface area contributed by atoms with E-state index >= 15 is 0 Å². The fraction of sp³-hybridized carbons (Fsp3) is 0.545. The second-order valence-electron chi connectivity index (χ2n) is 19.5. The lowest BCUT2D eigenvalue weighted by molar-refractivity contribution is 0.553. The van der Waals surface area contributed by atoms with Crippen LogP contribution in [0.3, 0.4) is 0 Å². The molecule has 0 aliphatic carbocycles. The molecule has 0 aliphatic heterocycles. The van der Waals surface area contributed by atoms with Crippen molar-refractivity contribution in [2.45, 2.75) is 157 Å². The molecule has 0 N–H and O–H groups in total. The van der Waals surface area contributed by atoms with Crippen molar-refractivity contribution in [3.63, 3.8) is 0 Å². The number of hydrogen-bond acceptors (Lipinski definition) is 0. The first kappa shape index (κ1) is 38.4. The smallest absolute Gasteiger partial charge is 0.00929 e. The highest BCUT2D eigenvalue weighted by Crippen LogP contribution is 2.37. The van der Waals surface area contributed by atoms with E-state index in [4.69, 9.17) is 0 Å². The standard InChI is InChI=1S/C44H64P2/c1-39(2,3)31-23-33(41(7,8)9)37(34(24-31)42(10,11)12)45-27-29-20-19-21-30(22-29)28-46-38-35(43(13,14)15)25-32(40(4,5)6)26-36(38)44(16,17)18/h19-28H,1-18H3. The fourth-order valence-corrected chi connectivity index (χ4v) is 8.73. The minimum absolute atomic E-state index is 0.0595. The van der Waals surface area contributed by atoms with Gasteiger partial charge in [-0.15, -0.1) is 0 Å². The molecule has 0 atom stereocenters. The Morgan fingerprint density at radius 1 is 0.370 bits per heavy atom. The van der Waals surface area contributed by atoms with E-state index in [1.165, 1.54) is 71.5 Å². The quantitative estimate of drug-likeness (QED) is 0.246. The van der Waals surface area contributed by atoms with E-state index in [0.717, 1.165) is 0 Å². The molecule has 250 valence electrons. The Labute approximate surface area is 287 Å². The van der Waals surface area contributed by atoms with Crippen molar-refractivity contribution in [1.29, 1.82) is 0 Å². The molecule has 46 heavy (non-hydrogen) atoms. The molecule has 0 heterocycles. The molecule has 0 radical (unpaired) electrons. The molecule has 0 fully saturated rings. The van der Waals surface area contributed by atoms with Gasteiger partial charge in [-0.05, 0) is 94.7 Å². The van der Waals surface area contributed by atoms with Crippen molar-refractivity contribution in [3.05, 3.63) is 93.0 Å². The lowest BCUT2D eigenvalue weighted by atomic mass is 9.75. The van der Waals surface area contributed by atoms with Crippen molar-refractivity contribution >= 4 is 38.6 Å². The third-order valence-electron chi connectivity index (χ3n) is 8.78. The Morgan fingerprint density at radius 3 is 0.848 bits per heavy atom. The molecule has 0 unspecified atom stereocenters. The van der Waals surface area contributed by atoms with Gasteiger partial charge in [-0.1, -0.05) is 184 Å². The summed E-state index contributed by atoms with van der Waals surface area (Å²) in [6.45, 7) is 42.3. The molecule has 0 saturated carbocycles. The third-order valence-corrected chi connectivity index (χ3v) is 11.1. The topological polar surface area (TPSA) is 0 Å². The number of hydrogen-bond donors (Lipinski definition) is 0. The third kappa shape index (κ3) is 9.55. The van der Waals surface area contributed by atoms with Crippen LogP contribution in [0.25, 0.3) is 0 Å². The summed E-state index contributed by atoms with van der Waals surface area (Å²) < 4.78 is 0. The summed E-state index contributed by atoms with van der Waals surface area (Å²) in [6, 6.07) is 19.1. The van der Waals surface area contributed by atoms with Gasteiger partial charge in [0.05, 0.1) is 0 Å². The molecule has 3 rings (SSSR count). The van der Waals surface area contributed by atoms with Crippen LogP contribution in [-0.4, -0.2) is 11.6 Å². The molecular weight excluding hydrogens is 590 g/mol. The summed E-state index contributed by atoms with van der Waals surface area (Å²) in [5.74, 6) is 4.84. The Kier molecular flexibility index (Phi) is 11.0. The maximum atomic E-state index is 2.49. The van der Waals surface area contributed by atoms with Gasteiger partial charge in [-0.2, -0.15) is 0 Å². The number of rotatable bonds is 4. The molecule has 0 aliphatic rings. The molecular formula is C44H64P2. The largest absolute Gasteiger partial charge is 0.0672 e. The Morgan fingerprint density at radius 2 is 0.630 bits per heavy atom. The van der Waals surface area contributed by atoms with Crippen LogP contribution < -0.4 is 10.6 Å². The van der Waals surface area contributed by atoms with E-state index in [1.54, 1.807) is 0 Å². The minimum Gasteiger partial charge on any atom is -0.0672 e. The van der Waals surface area contributed by atoms with Gasteiger partial charge in [0.25, 0.3) is 0 Å². The second kappa shape index (κ2) is 13.1. The van der Waals surface area contributed by atoms with Gasteiger partial charge in [-0.3, -0.25) is 0 Å². The molecule has 0 amide bonds. The molecule has 0 aromatic heterocycles. The van der Waals surface area contributed by atoms with Gasteiger partial charge in [0.1, 0.15) is 0 Å². The summed E-state index contributed by atoms with van der Waals surface area (Å²) in [5.41, 5.74) is 11.7. The van der Waals surface area contributed by atoms with Gasteiger partial charge in [-0.25, -0.2) is 0 Å². The zero-order valence-electron chi connectivity index (χ0n) is 32.7. The van der Waals surface area contributed by atoms with Crippen LogP contribution >= 0.6 is 16.4 Å². The molecule has 0 bridgehead atoms. The first-order valence-corrected chi connectivity index (χ1v) is 19.1. The molecule has 3 aromatic rings. The fourth-order valence-electron chi connectivity index (χ4n) is 5.70. The van der Waals surface area contributed by atoms with Crippen LogP contribution in [0.5, 0.6) is 0 Å². The van der Waals surface area contributed by atoms with E-state index in [-0.39, 0.29) is 32.5 Å². The van der Waals surface area contributed by atoms with Crippen LogP contribution in [0.4, 0.5) is 0 Å². The van der Waals surface area contributed by atoms with Crippen molar-refractivity contribution in [1.82, 2.24) is 0 Å². The van der Waals surface area contributed by atoms with Gasteiger partial charge in [0, 0.05) is 10.6 Å². The van der Waals surface area contributed by atoms with Gasteiger partial charge >= 0.3 is 0 Å². The molecule has 0 spiro atoms. The van der Waals surface area contributed by atoms with Crippen LogP contribution in [0.1, 0.15) is 169 Å². The predicted octanol–water partition coefficient (Wildman–Crippen LogP) is 12.3. The van der Waals surface area contributed by atoms with E-state index in [2.05, 4.69) is 185 Å².